The van der Waals surface area contributed by atoms with Crippen LogP contribution in [-0.4, -0.2) is 45.9 Å². The summed E-state index contributed by atoms with van der Waals surface area (Å²) in [4.78, 5) is 11.1. The molecule has 1 rings (SSSR count). The van der Waals surface area contributed by atoms with Crippen LogP contribution in [0.4, 0.5) is 0 Å². The SMILES string of the molecule is CCOC(=O)CCS(=O)(=O)N[C@H]1CCCNC1. The first-order valence-corrected chi connectivity index (χ1v) is 7.55. The zero-order chi connectivity index (χ0) is 12.7. The van der Waals surface area contributed by atoms with Crippen LogP contribution >= 0.6 is 0 Å². The molecule has 6 nitrogen and oxygen atoms in total. The summed E-state index contributed by atoms with van der Waals surface area (Å²) in [5, 5.41) is 3.12. The minimum Gasteiger partial charge on any atom is -0.466 e. The largest absolute Gasteiger partial charge is 0.466 e. The van der Waals surface area contributed by atoms with Gasteiger partial charge in [0, 0.05) is 12.6 Å². The molecule has 1 heterocycles. The molecular formula is C10H20N2O4S. The average molecular weight is 264 g/mol. The Bertz CT molecular complexity index is 336. The van der Waals surface area contributed by atoms with Crippen LogP contribution in [0.15, 0.2) is 0 Å². The van der Waals surface area contributed by atoms with Crippen molar-refractivity contribution < 1.29 is 17.9 Å². The molecule has 17 heavy (non-hydrogen) atoms. The quantitative estimate of drug-likeness (QED) is 0.638. The van der Waals surface area contributed by atoms with Gasteiger partial charge in [-0.3, -0.25) is 4.79 Å². The normalized spacial score (nSPS) is 21.1. The monoisotopic (exact) mass is 264 g/mol. The smallest absolute Gasteiger partial charge is 0.306 e. The number of piperidine rings is 1. The standard InChI is InChI=1S/C10H20N2O4S/c1-2-16-10(13)5-7-17(14,15)12-9-4-3-6-11-8-9/h9,11-12H,2-8H2,1H3/t9-/m0/s1. The van der Waals surface area contributed by atoms with Crippen LogP contribution in [0.25, 0.3) is 0 Å². The predicted octanol–water partition coefficient (Wildman–Crippen LogP) is -0.389. The van der Waals surface area contributed by atoms with Gasteiger partial charge in [-0.25, -0.2) is 13.1 Å². The number of hydrogen-bond acceptors (Lipinski definition) is 5. The van der Waals surface area contributed by atoms with Gasteiger partial charge >= 0.3 is 5.97 Å². The lowest BCUT2D eigenvalue weighted by Crippen LogP contribution is -2.46. The summed E-state index contributed by atoms with van der Waals surface area (Å²) in [5.74, 6) is -0.679. The van der Waals surface area contributed by atoms with Gasteiger partial charge in [-0.15, -0.1) is 0 Å². The molecule has 2 N–H and O–H groups in total. The fourth-order valence-corrected chi connectivity index (χ4v) is 2.98. The fraction of sp³-hybridized carbons (Fsp3) is 0.900. The van der Waals surface area contributed by atoms with Gasteiger partial charge in [-0.05, 0) is 26.3 Å². The van der Waals surface area contributed by atoms with E-state index in [4.69, 9.17) is 0 Å². The van der Waals surface area contributed by atoms with Gasteiger partial charge in [-0.2, -0.15) is 0 Å². The summed E-state index contributed by atoms with van der Waals surface area (Å²) in [6, 6.07) is -0.0593. The summed E-state index contributed by atoms with van der Waals surface area (Å²) >= 11 is 0. The molecule has 0 unspecified atom stereocenters. The molecule has 0 radical (unpaired) electrons. The van der Waals surface area contributed by atoms with E-state index in [2.05, 4.69) is 14.8 Å². The van der Waals surface area contributed by atoms with Crippen molar-refractivity contribution in [3.8, 4) is 0 Å². The van der Waals surface area contributed by atoms with E-state index in [0.29, 0.717) is 6.54 Å². The Labute approximate surface area is 102 Å². The van der Waals surface area contributed by atoms with Crippen LogP contribution in [0.2, 0.25) is 0 Å². The van der Waals surface area contributed by atoms with Crippen molar-refractivity contribution in [2.75, 3.05) is 25.4 Å². The van der Waals surface area contributed by atoms with E-state index in [9.17, 15) is 13.2 Å². The number of hydrogen-bond donors (Lipinski definition) is 2. The van der Waals surface area contributed by atoms with Crippen LogP contribution in [-0.2, 0) is 19.6 Å². The first-order chi connectivity index (χ1) is 8.03. The van der Waals surface area contributed by atoms with Crippen molar-refractivity contribution in [3.63, 3.8) is 0 Å². The van der Waals surface area contributed by atoms with E-state index >= 15 is 0 Å². The minimum atomic E-state index is -3.39. The Hall–Kier alpha value is -0.660. The van der Waals surface area contributed by atoms with Crippen LogP contribution < -0.4 is 10.0 Å². The molecule has 1 aliphatic heterocycles. The summed E-state index contributed by atoms with van der Waals surface area (Å²) in [6.45, 7) is 3.55. The molecule has 100 valence electrons. The number of rotatable bonds is 6. The van der Waals surface area contributed by atoms with Crippen molar-refractivity contribution in [2.24, 2.45) is 0 Å². The third kappa shape index (κ3) is 5.99. The molecule has 0 spiro atoms. The second kappa shape index (κ2) is 6.93. The van der Waals surface area contributed by atoms with Crippen molar-refractivity contribution in [1.82, 2.24) is 10.0 Å². The molecule has 0 aromatic rings. The maximum Gasteiger partial charge on any atom is 0.306 e. The van der Waals surface area contributed by atoms with Crippen molar-refractivity contribution in [2.45, 2.75) is 32.2 Å². The van der Waals surface area contributed by atoms with E-state index < -0.39 is 16.0 Å². The minimum absolute atomic E-state index is 0.0593. The van der Waals surface area contributed by atoms with Gasteiger partial charge < -0.3 is 10.1 Å². The molecule has 0 aliphatic carbocycles. The van der Waals surface area contributed by atoms with Crippen LogP contribution in [0.1, 0.15) is 26.2 Å². The molecule has 0 aromatic carbocycles. The van der Waals surface area contributed by atoms with Crippen LogP contribution in [0.3, 0.4) is 0 Å². The molecule has 1 atom stereocenters. The summed E-state index contributed by atoms with van der Waals surface area (Å²) in [6.07, 6.45) is 1.71. The number of esters is 1. The van der Waals surface area contributed by atoms with Crippen molar-refractivity contribution >= 4 is 16.0 Å². The van der Waals surface area contributed by atoms with Gasteiger partial charge in [0.1, 0.15) is 0 Å². The highest BCUT2D eigenvalue weighted by atomic mass is 32.2. The molecule has 1 aliphatic rings. The van der Waals surface area contributed by atoms with E-state index in [1.807, 2.05) is 0 Å². The molecule has 0 aromatic heterocycles. The fourth-order valence-electron chi connectivity index (χ4n) is 1.72. The van der Waals surface area contributed by atoms with E-state index in [-0.39, 0.29) is 24.8 Å². The number of carbonyl (C=O) groups excluding carboxylic acids is 1. The Morgan fingerprint density at radius 3 is 2.88 bits per heavy atom. The molecular weight excluding hydrogens is 244 g/mol. The Morgan fingerprint density at radius 1 is 1.53 bits per heavy atom. The number of nitrogens with one attached hydrogen (secondary N) is 2. The highest BCUT2D eigenvalue weighted by Crippen LogP contribution is 2.04. The Kier molecular flexibility index (Phi) is 5.87. The van der Waals surface area contributed by atoms with Gasteiger partial charge in [0.2, 0.25) is 10.0 Å². The third-order valence-corrected chi connectivity index (χ3v) is 3.96. The zero-order valence-corrected chi connectivity index (χ0v) is 10.9. The number of carbonyl (C=O) groups is 1. The van der Waals surface area contributed by atoms with Crippen LogP contribution in [0, 0.1) is 0 Å². The maximum absolute atomic E-state index is 11.7. The van der Waals surface area contributed by atoms with Gasteiger partial charge in [0.25, 0.3) is 0 Å². The van der Waals surface area contributed by atoms with E-state index in [1.165, 1.54) is 0 Å². The zero-order valence-electron chi connectivity index (χ0n) is 10.1. The lowest BCUT2D eigenvalue weighted by molar-refractivity contribution is -0.142. The highest BCUT2D eigenvalue weighted by Gasteiger charge is 2.20. The third-order valence-electron chi connectivity index (χ3n) is 2.52. The molecule has 0 bridgehead atoms. The van der Waals surface area contributed by atoms with Gasteiger partial charge in [-0.1, -0.05) is 0 Å². The van der Waals surface area contributed by atoms with Gasteiger partial charge in [0.05, 0.1) is 18.8 Å². The number of ether oxygens (including phenoxy) is 1. The number of sulfonamides is 1. The molecule has 1 fully saturated rings. The summed E-state index contributed by atoms with van der Waals surface area (Å²) < 4.78 is 30.6. The molecule has 7 heteroatoms. The predicted molar refractivity (Wildman–Crippen MR) is 64.1 cm³/mol. The highest BCUT2D eigenvalue weighted by molar-refractivity contribution is 7.89. The van der Waals surface area contributed by atoms with E-state index in [0.717, 1.165) is 19.4 Å². The topological polar surface area (TPSA) is 84.5 Å². The first-order valence-electron chi connectivity index (χ1n) is 5.90. The Morgan fingerprint density at radius 2 is 2.29 bits per heavy atom. The lowest BCUT2D eigenvalue weighted by atomic mass is 10.1. The molecule has 0 saturated carbocycles. The molecule has 1 saturated heterocycles. The second-order valence-corrected chi connectivity index (χ2v) is 5.91. The summed E-state index contributed by atoms with van der Waals surface area (Å²) in [7, 11) is -3.39. The maximum atomic E-state index is 11.7. The van der Waals surface area contributed by atoms with E-state index in [1.54, 1.807) is 6.92 Å². The average Bonchev–Trinajstić information content (AvgIpc) is 2.28. The first kappa shape index (κ1) is 14.4. The van der Waals surface area contributed by atoms with Crippen LogP contribution in [0.5, 0.6) is 0 Å². The Balaban J connectivity index is 2.32. The summed E-state index contributed by atoms with van der Waals surface area (Å²) in [5.41, 5.74) is 0. The molecule has 0 amide bonds. The second-order valence-electron chi connectivity index (χ2n) is 4.04. The van der Waals surface area contributed by atoms with Crippen molar-refractivity contribution in [1.29, 1.82) is 0 Å². The lowest BCUT2D eigenvalue weighted by Gasteiger charge is -2.23. The van der Waals surface area contributed by atoms with Crippen molar-refractivity contribution in [3.05, 3.63) is 0 Å². The van der Waals surface area contributed by atoms with Gasteiger partial charge in [0.15, 0.2) is 0 Å².